The third-order valence-electron chi connectivity index (χ3n) is 4.29. The first-order chi connectivity index (χ1) is 13.0. The topological polar surface area (TPSA) is 51.0 Å². The van der Waals surface area contributed by atoms with E-state index in [1.165, 1.54) is 17.3 Å². The van der Waals surface area contributed by atoms with E-state index in [4.69, 9.17) is 0 Å². The molecule has 0 saturated carbocycles. The Bertz CT molecular complexity index is 875. The van der Waals surface area contributed by atoms with E-state index in [9.17, 15) is 4.79 Å². The molecule has 0 radical (unpaired) electrons. The Labute approximate surface area is 164 Å². The van der Waals surface area contributed by atoms with Gasteiger partial charge in [-0.05, 0) is 38.5 Å². The van der Waals surface area contributed by atoms with Crippen LogP contribution in [0.15, 0.2) is 66.1 Å². The van der Waals surface area contributed by atoms with Gasteiger partial charge in [-0.1, -0.05) is 59.8 Å². The molecule has 1 aromatic heterocycles. The van der Waals surface area contributed by atoms with Gasteiger partial charge in [-0.15, -0.1) is 10.2 Å². The largest absolute Gasteiger partial charge is 0.335 e. The highest BCUT2D eigenvalue weighted by atomic mass is 32.2. The van der Waals surface area contributed by atoms with Crippen LogP contribution in [0.2, 0.25) is 0 Å². The molecule has 0 fully saturated rings. The molecule has 6 heteroatoms. The van der Waals surface area contributed by atoms with E-state index in [1.54, 1.807) is 6.33 Å². The summed E-state index contributed by atoms with van der Waals surface area (Å²) in [7, 11) is 0. The molecule has 0 unspecified atom stereocenters. The molecule has 0 saturated heterocycles. The van der Waals surface area contributed by atoms with Crippen LogP contribution in [0.5, 0.6) is 0 Å². The summed E-state index contributed by atoms with van der Waals surface area (Å²) in [5, 5.41) is 8.91. The lowest BCUT2D eigenvalue weighted by molar-refractivity contribution is -0.130. The second kappa shape index (κ2) is 8.86. The minimum absolute atomic E-state index is 0.0947. The molecule has 3 rings (SSSR count). The van der Waals surface area contributed by atoms with Crippen LogP contribution >= 0.6 is 11.8 Å². The number of aryl methyl sites for hydroxylation is 1. The Balaban J connectivity index is 1.67. The molecular weight excluding hydrogens is 356 g/mol. The molecule has 0 atom stereocenters. The predicted molar refractivity (Wildman–Crippen MR) is 109 cm³/mol. The zero-order chi connectivity index (χ0) is 19.2. The number of benzene rings is 2. The monoisotopic (exact) mass is 380 g/mol. The first kappa shape index (κ1) is 19.2. The van der Waals surface area contributed by atoms with Gasteiger partial charge in [0.1, 0.15) is 6.33 Å². The quantitative estimate of drug-likeness (QED) is 0.579. The van der Waals surface area contributed by atoms with Gasteiger partial charge in [0.05, 0.1) is 5.75 Å². The van der Waals surface area contributed by atoms with E-state index < -0.39 is 0 Å². The lowest BCUT2D eigenvalue weighted by atomic mass is 10.2. The van der Waals surface area contributed by atoms with Gasteiger partial charge < -0.3 is 4.90 Å². The Hall–Kier alpha value is -2.60. The molecule has 27 heavy (non-hydrogen) atoms. The second-order valence-electron chi connectivity index (χ2n) is 6.71. The van der Waals surface area contributed by atoms with Crippen molar-refractivity contribution in [3.05, 3.63) is 72.1 Å². The van der Waals surface area contributed by atoms with E-state index >= 15 is 0 Å². The summed E-state index contributed by atoms with van der Waals surface area (Å²) in [5.41, 5.74) is 3.32. The summed E-state index contributed by atoms with van der Waals surface area (Å²) >= 11 is 1.42. The van der Waals surface area contributed by atoms with Crippen LogP contribution < -0.4 is 0 Å². The van der Waals surface area contributed by atoms with E-state index in [-0.39, 0.29) is 11.9 Å². The third kappa shape index (κ3) is 4.98. The SMILES string of the molecule is Cc1ccc(-n2cnnc2SCC(=O)N(Cc2ccccc2)C(C)C)cc1. The maximum atomic E-state index is 12.8. The van der Waals surface area contributed by atoms with Crippen LogP contribution in [0.3, 0.4) is 0 Å². The number of rotatable bonds is 7. The van der Waals surface area contributed by atoms with Crippen molar-refractivity contribution in [3.63, 3.8) is 0 Å². The van der Waals surface area contributed by atoms with E-state index in [0.29, 0.717) is 12.3 Å². The first-order valence-electron chi connectivity index (χ1n) is 8.98. The van der Waals surface area contributed by atoms with Gasteiger partial charge in [0.25, 0.3) is 0 Å². The maximum absolute atomic E-state index is 12.8. The molecule has 0 aliphatic carbocycles. The Morgan fingerprint density at radius 2 is 1.81 bits per heavy atom. The highest BCUT2D eigenvalue weighted by Gasteiger charge is 2.19. The highest BCUT2D eigenvalue weighted by Crippen LogP contribution is 2.21. The molecule has 2 aromatic carbocycles. The lowest BCUT2D eigenvalue weighted by Gasteiger charge is -2.26. The second-order valence-corrected chi connectivity index (χ2v) is 7.65. The van der Waals surface area contributed by atoms with Crippen molar-refractivity contribution >= 4 is 17.7 Å². The summed E-state index contributed by atoms with van der Waals surface area (Å²) in [6.45, 7) is 6.75. The fourth-order valence-corrected chi connectivity index (χ4v) is 3.57. The van der Waals surface area contributed by atoms with Crippen molar-refractivity contribution < 1.29 is 4.79 Å². The average Bonchev–Trinajstić information content (AvgIpc) is 3.14. The van der Waals surface area contributed by atoms with Crippen LogP contribution in [0, 0.1) is 6.92 Å². The van der Waals surface area contributed by atoms with Crippen LogP contribution in [-0.4, -0.2) is 37.4 Å². The molecule has 0 N–H and O–H groups in total. The molecule has 0 bridgehead atoms. The van der Waals surface area contributed by atoms with Gasteiger partial charge in [-0.25, -0.2) is 0 Å². The van der Waals surface area contributed by atoms with Gasteiger partial charge in [-0.2, -0.15) is 0 Å². The van der Waals surface area contributed by atoms with Crippen LogP contribution in [0.25, 0.3) is 5.69 Å². The molecule has 0 aliphatic rings. The van der Waals surface area contributed by atoms with Crippen molar-refractivity contribution in [3.8, 4) is 5.69 Å². The first-order valence-corrected chi connectivity index (χ1v) is 9.96. The van der Waals surface area contributed by atoms with Gasteiger partial charge in [0, 0.05) is 18.3 Å². The van der Waals surface area contributed by atoms with Crippen molar-refractivity contribution in [2.45, 2.75) is 38.5 Å². The van der Waals surface area contributed by atoms with Crippen molar-refractivity contribution in [2.24, 2.45) is 0 Å². The normalized spacial score (nSPS) is 11.0. The zero-order valence-electron chi connectivity index (χ0n) is 15.9. The molecule has 0 spiro atoms. The standard InChI is InChI=1S/C21H24N4OS/c1-16(2)24(13-18-7-5-4-6-8-18)20(26)14-27-21-23-22-15-25(21)19-11-9-17(3)10-12-19/h4-12,15-16H,13-14H2,1-3H3. The van der Waals surface area contributed by atoms with Crippen LogP contribution in [0.1, 0.15) is 25.0 Å². The Kier molecular flexibility index (Phi) is 6.29. The van der Waals surface area contributed by atoms with Gasteiger partial charge in [-0.3, -0.25) is 9.36 Å². The molecular formula is C21H24N4OS. The number of amides is 1. The molecule has 1 amide bonds. The highest BCUT2D eigenvalue weighted by molar-refractivity contribution is 7.99. The molecule has 1 heterocycles. The van der Waals surface area contributed by atoms with Gasteiger partial charge in [0.2, 0.25) is 5.91 Å². The number of carbonyl (C=O) groups excluding carboxylic acids is 1. The smallest absolute Gasteiger partial charge is 0.233 e. The average molecular weight is 381 g/mol. The third-order valence-corrected chi connectivity index (χ3v) is 5.22. The van der Waals surface area contributed by atoms with E-state index in [1.807, 2.05) is 65.8 Å². The lowest BCUT2D eigenvalue weighted by Crippen LogP contribution is -2.37. The molecule has 140 valence electrons. The van der Waals surface area contributed by atoms with Crippen molar-refractivity contribution in [1.82, 2.24) is 19.7 Å². The van der Waals surface area contributed by atoms with Gasteiger partial charge >= 0.3 is 0 Å². The number of thioether (sulfide) groups is 1. The Morgan fingerprint density at radius 3 is 2.48 bits per heavy atom. The number of hydrogen-bond acceptors (Lipinski definition) is 4. The summed E-state index contributed by atoms with van der Waals surface area (Å²) in [6.07, 6.45) is 1.68. The molecule has 5 nitrogen and oxygen atoms in total. The maximum Gasteiger partial charge on any atom is 0.233 e. The summed E-state index contributed by atoms with van der Waals surface area (Å²) in [6, 6.07) is 18.4. The van der Waals surface area contributed by atoms with Gasteiger partial charge in [0.15, 0.2) is 5.16 Å². The summed E-state index contributed by atoms with van der Waals surface area (Å²) in [4.78, 5) is 14.7. The number of hydrogen-bond donors (Lipinski definition) is 0. The van der Waals surface area contributed by atoms with Crippen LogP contribution in [-0.2, 0) is 11.3 Å². The predicted octanol–water partition coefficient (Wildman–Crippen LogP) is 4.11. The van der Waals surface area contributed by atoms with E-state index in [2.05, 4.69) is 29.3 Å². The number of aromatic nitrogens is 3. The number of nitrogens with zero attached hydrogens (tertiary/aromatic N) is 4. The van der Waals surface area contributed by atoms with E-state index in [0.717, 1.165) is 16.4 Å². The number of carbonyl (C=O) groups is 1. The summed E-state index contributed by atoms with van der Waals surface area (Å²) in [5.74, 6) is 0.424. The minimum atomic E-state index is 0.0947. The zero-order valence-corrected chi connectivity index (χ0v) is 16.7. The molecule has 0 aliphatic heterocycles. The molecule has 3 aromatic rings. The Morgan fingerprint density at radius 1 is 1.11 bits per heavy atom. The summed E-state index contributed by atoms with van der Waals surface area (Å²) < 4.78 is 1.91. The minimum Gasteiger partial charge on any atom is -0.335 e. The fourth-order valence-electron chi connectivity index (χ4n) is 2.75. The van der Waals surface area contributed by atoms with Crippen molar-refractivity contribution in [1.29, 1.82) is 0 Å². The van der Waals surface area contributed by atoms with Crippen molar-refractivity contribution in [2.75, 3.05) is 5.75 Å². The van der Waals surface area contributed by atoms with Crippen LogP contribution in [0.4, 0.5) is 0 Å². The fraction of sp³-hybridized carbons (Fsp3) is 0.286.